The van der Waals surface area contributed by atoms with Crippen molar-refractivity contribution in [3.8, 4) is 5.75 Å². The fraction of sp³-hybridized carbons (Fsp3) is 0.294. The number of halogens is 1. The second kappa shape index (κ2) is 6.78. The molecule has 2 aromatic rings. The van der Waals surface area contributed by atoms with Gasteiger partial charge in [0.2, 0.25) is 0 Å². The van der Waals surface area contributed by atoms with Gasteiger partial charge >= 0.3 is 0 Å². The Hall–Kier alpha value is -1.51. The summed E-state index contributed by atoms with van der Waals surface area (Å²) in [5, 5.41) is 4.13. The first-order chi connectivity index (χ1) is 9.65. The van der Waals surface area contributed by atoms with Gasteiger partial charge < -0.3 is 10.1 Å². The molecule has 0 saturated carbocycles. The van der Waals surface area contributed by atoms with Crippen molar-refractivity contribution in [3.05, 3.63) is 64.2 Å². The highest BCUT2D eigenvalue weighted by Crippen LogP contribution is 2.27. The first-order valence-electron chi connectivity index (χ1n) is 6.81. The van der Waals surface area contributed by atoms with E-state index in [-0.39, 0.29) is 6.04 Å². The van der Waals surface area contributed by atoms with Gasteiger partial charge in [-0.3, -0.25) is 0 Å². The molecule has 0 bridgehead atoms. The number of nitrogens with one attached hydrogen (secondary N) is 1. The number of hydrogen-bond acceptors (Lipinski definition) is 2. The molecular weight excluding hydrogens is 270 g/mol. The molecule has 1 N–H and O–H groups in total. The summed E-state index contributed by atoms with van der Waals surface area (Å²) >= 11 is 6.03. The van der Waals surface area contributed by atoms with Crippen LogP contribution in [0.2, 0.25) is 5.02 Å². The maximum atomic E-state index is 6.03. The molecule has 20 heavy (non-hydrogen) atoms. The van der Waals surface area contributed by atoms with Crippen molar-refractivity contribution >= 4 is 11.6 Å². The van der Waals surface area contributed by atoms with Crippen LogP contribution >= 0.6 is 11.6 Å². The second-order valence-corrected chi connectivity index (χ2v) is 5.16. The first kappa shape index (κ1) is 14.9. The Labute approximate surface area is 125 Å². The van der Waals surface area contributed by atoms with Crippen LogP contribution in [0.1, 0.15) is 29.7 Å². The van der Waals surface area contributed by atoms with Crippen LogP contribution in [-0.4, -0.2) is 13.7 Å². The van der Waals surface area contributed by atoms with Crippen molar-refractivity contribution in [1.82, 2.24) is 5.32 Å². The Morgan fingerprint density at radius 3 is 2.40 bits per heavy atom. The van der Waals surface area contributed by atoms with E-state index in [0.717, 1.165) is 10.8 Å². The largest absolute Gasteiger partial charge is 0.494 e. The maximum absolute atomic E-state index is 6.03. The van der Waals surface area contributed by atoms with Crippen LogP contribution in [0.5, 0.6) is 5.75 Å². The minimum Gasteiger partial charge on any atom is -0.494 e. The van der Waals surface area contributed by atoms with E-state index in [1.807, 2.05) is 38.2 Å². The van der Waals surface area contributed by atoms with Crippen LogP contribution in [-0.2, 0) is 0 Å². The minimum absolute atomic E-state index is 0.156. The number of aryl methyl sites for hydroxylation is 1. The summed E-state index contributed by atoms with van der Waals surface area (Å²) in [6, 6.07) is 14.4. The standard InChI is InChI=1S/C17H20ClNO/c1-4-20-15-8-5-13(6-9-15)17(19-3)16-10-7-14(18)11-12(16)2/h5-11,17,19H,4H2,1-3H3. The van der Waals surface area contributed by atoms with E-state index < -0.39 is 0 Å². The van der Waals surface area contributed by atoms with Gasteiger partial charge in [0.05, 0.1) is 12.6 Å². The predicted octanol–water partition coefficient (Wildman–Crippen LogP) is 4.36. The summed E-state index contributed by atoms with van der Waals surface area (Å²) < 4.78 is 5.48. The monoisotopic (exact) mass is 289 g/mol. The van der Waals surface area contributed by atoms with Crippen LogP contribution in [0.3, 0.4) is 0 Å². The van der Waals surface area contributed by atoms with E-state index >= 15 is 0 Å². The van der Waals surface area contributed by atoms with Crippen molar-refractivity contribution in [2.24, 2.45) is 0 Å². The molecule has 2 nitrogen and oxygen atoms in total. The molecule has 0 amide bonds. The van der Waals surface area contributed by atoms with Crippen molar-refractivity contribution in [1.29, 1.82) is 0 Å². The average molecular weight is 290 g/mol. The van der Waals surface area contributed by atoms with Crippen molar-refractivity contribution in [2.75, 3.05) is 13.7 Å². The predicted molar refractivity (Wildman–Crippen MR) is 84.7 cm³/mol. The summed E-state index contributed by atoms with van der Waals surface area (Å²) in [4.78, 5) is 0. The molecule has 0 aliphatic carbocycles. The molecule has 106 valence electrons. The van der Waals surface area contributed by atoms with E-state index in [4.69, 9.17) is 16.3 Å². The Bertz CT molecular complexity index is 566. The third kappa shape index (κ3) is 3.33. The van der Waals surface area contributed by atoms with Crippen molar-refractivity contribution in [2.45, 2.75) is 19.9 Å². The number of benzene rings is 2. The van der Waals surface area contributed by atoms with E-state index in [1.165, 1.54) is 16.7 Å². The lowest BCUT2D eigenvalue weighted by Gasteiger charge is -2.20. The average Bonchev–Trinajstić information content (AvgIpc) is 2.44. The molecule has 0 radical (unpaired) electrons. The highest BCUT2D eigenvalue weighted by atomic mass is 35.5. The van der Waals surface area contributed by atoms with Crippen LogP contribution in [0, 0.1) is 6.92 Å². The summed E-state index contributed by atoms with van der Waals surface area (Å²) in [6.45, 7) is 4.76. The van der Waals surface area contributed by atoms with Gasteiger partial charge in [-0.2, -0.15) is 0 Å². The number of ether oxygens (including phenoxy) is 1. The van der Waals surface area contributed by atoms with Crippen molar-refractivity contribution in [3.63, 3.8) is 0 Å². The van der Waals surface area contributed by atoms with Gasteiger partial charge in [0.25, 0.3) is 0 Å². The van der Waals surface area contributed by atoms with E-state index in [0.29, 0.717) is 6.61 Å². The molecule has 0 spiro atoms. The van der Waals surface area contributed by atoms with E-state index in [9.17, 15) is 0 Å². The maximum Gasteiger partial charge on any atom is 0.119 e. The zero-order valence-corrected chi connectivity index (χ0v) is 12.9. The number of hydrogen-bond donors (Lipinski definition) is 1. The molecule has 1 unspecified atom stereocenters. The molecule has 3 heteroatoms. The SMILES string of the molecule is CCOc1ccc(C(NC)c2ccc(Cl)cc2C)cc1. The van der Waals surface area contributed by atoms with Crippen molar-refractivity contribution < 1.29 is 4.74 Å². The van der Waals surface area contributed by atoms with Gasteiger partial charge in [-0.15, -0.1) is 0 Å². The molecule has 0 aliphatic heterocycles. The van der Waals surface area contributed by atoms with Gasteiger partial charge in [0.1, 0.15) is 5.75 Å². The molecule has 0 heterocycles. The molecule has 2 aromatic carbocycles. The molecule has 0 fully saturated rings. The molecule has 2 rings (SSSR count). The normalized spacial score (nSPS) is 12.2. The molecular formula is C17H20ClNO. The summed E-state index contributed by atoms with van der Waals surface area (Å²) in [5.41, 5.74) is 3.63. The first-order valence-corrected chi connectivity index (χ1v) is 7.19. The Balaban J connectivity index is 2.31. The minimum atomic E-state index is 0.156. The lowest BCUT2D eigenvalue weighted by molar-refractivity contribution is 0.340. The van der Waals surface area contributed by atoms with Crippen LogP contribution in [0.25, 0.3) is 0 Å². The lowest BCUT2D eigenvalue weighted by atomic mass is 9.95. The molecule has 0 aromatic heterocycles. The third-order valence-electron chi connectivity index (χ3n) is 3.36. The fourth-order valence-corrected chi connectivity index (χ4v) is 2.61. The molecule has 1 atom stereocenters. The van der Waals surface area contributed by atoms with Gasteiger partial charge in [-0.05, 0) is 61.9 Å². The quantitative estimate of drug-likeness (QED) is 0.883. The molecule has 0 aliphatic rings. The topological polar surface area (TPSA) is 21.3 Å². The van der Waals surface area contributed by atoms with E-state index in [1.54, 1.807) is 0 Å². The zero-order valence-electron chi connectivity index (χ0n) is 12.1. The van der Waals surface area contributed by atoms with Crippen LogP contribution < -0.4 is 10.1 Å². The summed E-state index contributed by atoms with van der Waals surface area (Å²) in [6.07, 6.45) is 0. The molecule has 0 saturated heterocycles. The number of rotatable bonds is 5. The van der Waals surface area contributed by atoms with Gasteiger partial charge in [-0.25, -0.2) is 0 Å². The van der Waals surface area contributed by atoms with E-state index in [2.05, 4.69) is 30.4 Å². The Morgan fingerprint density at radius 1 is 1.15 bits per heavy atom. The second-order valence-electron chi connectivity index (χ2n) is 4.72. The van der Waals surface area contributed by atoms with Gasteiger partial charge in [0.15, 0.2) is 0 Å². The van der Waals surface area contributed by atoms with Crippen LogP contribution in [0.15, 0.2) is 42.5 Å². The Morgan fingerprint density at radius 2 is 1.85 bits per heavy atom. The highest BCUT2D eigenvalue weighted by Gasteiger charge is 2.14. The third-order valence-corrected chi connectivity index (χ3v) is 3.59. The van der Waals surface area contributed by atoms with Gasteiger partial charge in [0, 0.05) is 5.02 Å². The smallest absolute Gasteiger partial charge is 0.119 e. The highest BCUT2D eigenvalue weighted by molar-refractivity contribution is 6.30. The zero-order chi connectivity index (χ0) is 14.5. The van der Waals surface area contributed by atoms with Gasteiger partial charge in [-0.1, -0.05) is 29.8 Å². The summed E-state index contributed by atoms with van der Waals surface area (Å²) in [5.74, 6) is 0.902. The Kier molecular flexibility index (Phi) is 5.05. The fourth-order valence-electron chi connectivity index (χ4n) is 2.39. The lowest BCUT2D eigenvalue weighted by Crippen LogP contribution is -2.18. The van der Waals surface area contributed by atoms with Crippen LogP contribution in [0.4, 0.5) is 0 Å². The summed E-state index contributed by atoms with van der Waals surface area (Å²) in [7, 11) is 1.97.